The normalized spacial score (nSPS) is 13.1. The van der Waals surface area contributed by atoms with Crippen molar-refractivity contribution in [3.63, 3.8) is 0 Å². The summed E-state index contributed by atoms with van der Waals surface area (Å²) in [6.07, 6.45) is 0.846. The Hall–Kier alpha value is -2.53. The van der Waals surface area contributed by atoms with Crippen molar-refractivity contribution in [3.8, 4) is 0 Å². The van der Waals surface area contributed by atoms with Gasteiger partial charge in [-0.2, -0.15) is 0 Å². The molecule has 3 amide bonds. The highest BCUT2D eigenvalue weighted by Gasteiger charge is 2.20. The van der Waals surface area contributed by atoms with Crippen LogP contribution in [0.2, 0.25) is 5.02 Å². The predicted octanol–water partition coefficient (Wildman–Crippen LogP) is 3.05. The van der Waals surface area contributed by atoms with E-state index in [4.69, 9.17) is 11.6 Å². The third-order valence-corrected chi connectivity index (χ3v) is 4.24. The highest BCUT2D eigenvalue weighted by molar-refractivity contribution is 6.30. The number of nitrogens with zero attached hydrogens (tertiary/aromatic N) is 1. The molecule has 0 saturated carbocycles. The summed E-state index contributed by atoms with van der Waals surface area (Å²) < 4.78 is 0. The van der Waals surface area contributed by atoms with E-state index in [1.165, 1.54) is 11.1 Å². The molecule has 2 N–H and O–H groups in total. The van der Waals surface area contributed by atoms with Gasteiger partial charge in [0.25, 0.3) is 0 Å². The van der Waals surface area contributed by atoms with Gasteiger partial charge in [-0.1, -0.05) is 35.9 Å². The molecule has 2 aromatic carbocycles. The summed E-state index contributed by atoms with van der Waals surface area (Å²) in [7, 11) is 0. The van der Waals surface area contributed by atoms with Gasteiger partial charge in [0.1, 0.15) is 0 Å². The minimum atomic E-state index is -0.414. The van der Waals surface area contributed by atoms with Crippen LogP contribution in [0.15, 0.2) is 48.5 Å². The molecule has 0 unspecified atom stereocenters. The zero-order valence-corrected chi connectivity index (χ0v) is 13.8. The first-order valence-electron chi connectivity index (χ1n) is 7.77. The Morgan fingerprint density at radius 3 is 2.50 bits per heavy atom. The number of hydrogen-bond acceptors (Lipinski definition) is 2. The molecule has 1 aliphatic heterocycles. The fourth-order valence-electron chi connectivity index (χ4n) is 2.68. The average molecular weight is 344 g/mol. The van der Waals surface area contributed by atoms with Crippen molar-refractivity contribution in [2.75, 3.05) is 18.4 Å². The number of carbonyl (C=O) groups is 2. The molecule has 0 aromatic heterocycles. The Kier molecular flexibility index (Phi) is 5.01. The van der Waals surface area contributed by atoms with Crippen LogP contribution in [0.1, 0.15) is 11.1 Å². The van der Waals surface area contributed by atoms with E-state index in [1.807, 2.05) is 18.2 Å². The van der Waals surface area contributed by atoms with E-state index in [2.05, 4.69) is 16.7 Å². The van der Waals surface area contributed by atoms with Gasteiger partial charge in [0.2, 0.25) is 5.91 Å². The second-order valence-electron chi connectivity index (χ2n) is 5.65. The zero-order valence-electron chi connectivity index (χ0n) is 13.1. The number of benzene rings is 2. The quantitative estimate of drug-likeness (QED) is 0.899. The third-order valence-electron chi connectivity index (χ3n) is 3.99. The predicted molar refractivity (Wildman–Crippen MR) is 94.0 cm³/mol. The number of hydrogen-bond donors (Lipinski definition) is 2. The van der Waals surface area contributed by atoms with Gasteiger partial charge in [0.05, 0.1) is 6.54 Å². The molecular weight excluding hydrogens is 326 g/mol. The molecule has 0 saturated heterocycles. The van der Waals surface area contributed by atoms with Crippen LogP contribution in [0.3, 0.4) is 0 Å². The molecule has 6 heteroatoms. The van der Waals surface area contributed by atoms with E-state index in [1.54, 1.807) is 29.2 Å². The van der Waals surface area contributed by atoms with E-state index in [-0.39, 0.29) is 12.5 Å². The maximum absolute atomic E-state index is 12.3. The summed E-state index contributed by atoms with van der Waals surface area (Å²) in [6.45, 7) is 1.24. The maximum atomic E-state index is 12.3. The van der Waals surface area contributed by atoms with Gasteiger partial charge in [-0.25, -0.2) is 4.79 Å². The van der Waals surface area contributed by atoms with Crippen molar-refractivity contribution < 1.29 is 9.59 Å². The van der Waals surface area contributed by atoms with Crippen LogP contribution < -0.4 is 10.6 Å². The molecule has 0 spiro atoms. The van der Waals surface area contributed by atoms with E-state index < -0.39 is 6.03 Å². The van der Waals surface area contributed by atoms with Crippen LogP contribution in [0.25, 0.3) is 0 Å². The fraction of sp³-hybridized carbons (Fsp3) is 0.222. The molecule has 0 radical (unpaired) electrons. The Morgan fingerprint density at radius 1 is 1.04 bits per heavy atom. The molecule has 5 nitrogen and oxygen atoms in total. The lowest BCUT2D eigenvalue weighted by Crippen LogP contribution is -2.43. The van der Waals surface area contributed by atoms with E-state index >= 15 is 0 Å². The number of fused-ring (bicyclic) bond motifs is 1. The smallest absolute Gasteiger partial charge is 0.319 e. The van der Waals surface area contributed by atoms with Crippen LogP contribution in [0.4, 0.5) is 10.5 Å². The van der Waals surface area contributed by atoms with E-state index in [0.717, 1.165) is 6.42 Å². The molecule has 0 atom stereocenters. The van der Waals surface area contributed by atoms with Gasteiger partial charge >= 0.3 is 6.03 Å². The molecule has 2 aromatic rings. The third kappa shape index (κ3) is 4.06. The van der Waals surface area contributed by atoms with E-state index in [0.29, 0.717) is 23.8 Å². The highest BCUT2D eigenvalue weighted by atomic mass is 35.5. The number of halogens is 1. The first-order chi connectivity index (χ1) is 11.6. The number of anilines is 1. The fourth-order valence-corrected chi connectivity index (χ4v) is 2.81. The molecule has 0 aliphatic carbocycles. The van der Waals surface area contributed by atoms with Gasteiger partial charge in [-0.3, -0.25) is 4.79 Å². The number of nitrogens with one attached hydrogen (secondary N) is 2. The summed E-state index contributed by atoms with van der Waals surface area (Å²) in [5, 5.41) is 5.85. The van der Waals surface area contributed by atoms with Crippen LogP contribution in [-0.2, 0) is 17.8 Å². The summed E-state index contributed by atoms with van der Waals surface area (Å²) in [6, 6.07) is 14.5. The molecule has 3 rings (SSSR count). The first kappa shape index (κ1) is 16.3. The minimum Gasteiger partial charge on any atom is -0.336 e. The van der Waals surface area contributed by atoms with E-state index in [9.17, 15) is 9.59 Å². The van der Waals surface area contributed by atoms with Crippen LogP contribution >= 0.6 is 11.6 Å². The van der Waals surface area contributed by atoms with Gasteiger partial charge < -0.3 is 15.5 Å². The van der Waals surface area contributed by atoms with Crippen molar-refractivity contribution in [1.82, 2.24) is 10.2 Å². The highest BCUT2D eigenvalue weighted by Crippen LogP contribution is 2.18. The molecular formula is C18H18ClN3O2. The molecule has 24 heavy (non-hydrogen) atoms. The van der Waals surface area contributed by atoms with Gasteiger partial charge in [-0.15, -0.1) is 0 Å². The van der Waals surface area contributed by atoms with Crippen LogP contribution in [-0.4, -0.2) is 29.9 Å². The maximum Gasteiger partial charge on any atom is 0.319 e. The number of urea groups is 1. The standard InChI is InChI=1S/C18H18ClN3O2/c19-15-5-7-16(8-6-15)21-18(24)20-11-17(23)22-10-9-13-3-1-2-4-14(13)12-22/h1-8H,9-12H2,(H2,20,21,24). The zero-order chi connectivity index (χ0) is 16.9. The molecule has 1 aliphatic rings. The summed E-state index contributed by atoms with van der Waals surface area (Å²) in [5.41, 5.74) is 3.08. The largest absolute Gasteiger partial charge is 0.336 e. The average Bonchev–Trinajstić information content (AvgIpc) is 2.61. The first-order valence-corrected chi connectivity index (χ1v) is 8.14. The number of rotatable bonds is 3. The second kappa shape index (κ2) is 7.36. The molecule has 0 fully saturated rings. The lowest BCUT2D eigenvalue weighted by molar-refractivity contribution is -0.130. The Bertz CT molecular complexity index is 746. The SMILES string of the molecule is O=C(NCC(=O)N1CCc2ccccc2C1)Nc1ccc(Cl)cc1. The van der Waals surface area contributed by atoms with Gasteiger partial charge in [-0.05, 0) is 41.8 Å². The molecule has 124 valence electrons. The summed E-state index contributed by atoms with van der Waals surface area (Å²) in [5.74, 6) is -0.0873. The number of amides is 3. The van der Waals surface area contributed by atoms with Crippen molar-refractivity contribution in [2.24, 2.45) is 0 Å². The molecule has 0 bridgehead atoms. The Balaban J connectivity index is 1.49. The van der Waals surface area contributed by atoms with Crippen molar-refractivity contribution >= 4 is 29.2 Å². The van der Waals surface area contributed by atoms with Crippen LogP contribution in [0.5, 0.6) is 0 Å². The van der Waals surface area contributed by atoms with Crippen molar-refractivity contribution in [1.29, 1.82) is 0 Å². The monoisotopic (exact) mass is 343 g/mol. The van der Waals surface area contributed by atoms with Gasteiger partial charge in [0.15, 0.2) is 0 Å². The van der Waals surface area contributed by atoms with Crippen LogP contribution in [0, 0.1) is 0 Å². The lowest BCUT2D eigenvalue weighted by atomic mass is 10.00. The lowest BCUT2D eigenvalue weighted by Gasteiger charge is -2.29. The minimum absolute atomic E-state index is 0.0262. The van der Waals surface area contributed by atoms with Gasteiger partial charge in [0, 0.05) is 23.8 Å². The summed E-state index contributed by atoms with van der Waals surface area (Å²) >= 11 is 5.79. The topological polar surface area (TPSA) is 61.4 Å². The van der Waals surface area contributed by atoms with Crippen molar-refractivity contribution in [3.05, 3.63) is 64.7 Å². The second-order valence-corrected chi connectivity index (χ2v) is 6.09. The summed E-state index contributed by atoms with van der Waals surface area (Å²) in [4.78, 5) is 25.9. The molecule has 1 heterocycles. The Labute approximate surface area is 145 Å². The Morgan fingerprint density at radius 2 is 1.75 bits per heavy atom. The van der Waals surface area contributed by atoms with Crippen molar-refractivity contribution in [2.45, 2.75) is 13.0 Å². The number of carbonyl (C=O) groups excluding carboxylic acids is 2.